The normalized spacial score (nSPS) is 15.6. The summed E-state index contributed by atoms with van der Waals surface area (Å²) < 4.78 is 42.1. The van der Waals surface area contributed by atoms with E-state index in [-0.39, 0.29) is 24.9 Å². The Kier molecular flexibility index (Phi) is 6.57. The molecular weight excluding hydrogens is 503 g/mol. The highest BCUT2D eigenvalue weighted by Gasteiger charge is 2.28. The molecule has 2 aromatic heterocycles. The minimum atomic E-state index is -1.38. The van der Waals surface area contributed by atoms with E-state index in [9.17, 15) is 27.9 Å². The van der Waals surface area contributed by atoms with Crippen LogP contribution < -0.4 is 11.1 Å². The van der Waals surface area contributed by atoms with E-state index < -0.39 is 35.0 Å². The van der Waals surface area contributed by atoms with Crippen LogP contribution in [0.3, 0.4) is 0 Å². The first kappa shape index (κ1) is 25.0. The monoisotopic (exact) mass is 525 g/mol. The Morgan fingerprint density at radius 2 is 1.82 bits per heavy atom. The Bertz CT molecular complexity index is 1540. The maximum absolute atomic E-state index is 13.9. The van der Waals surface area contributed by atoms with Gasteiger partial charge in [0.1, 0.15) is 23.7 Å². The lowest BCUT2D eigenvalue weighted by Crippen LogP contribution is -2.40. The molecule has 1 atom stereocenters. The second kappa shape index (κ2) is 10.00. The summed E-state index contributed by atoms with van der Waals surface area (Å²) in [7, 11) is 0. The van der Waals surface area contributed by atoms with Gasteiger partial charge in [0.2, 0.25) is 0 Å². The number of nitrogens with zero attached hydrogens (tertiary/aromatic N) is 5. The quantitative estimate of drug-likeness (QED) is 0.337. The maximum Gasteiger partial charge on any atom is 0.407 e. The highest BCUT2D eigenvalue weighted by Crippen LogP contribution is 2.33. The lowest BCUT2D eigenvalue weighted by molar-refractivity contribution is 0.0946. The Labute approximate surface area is 213 Å². The van der Waals surface area contributed by atoms with Gasteiger partial charge >= 0.3 is 6.09 Å². The molecule has 0 saturated carbocycles. The number of nitrogens with two attached hydrogens (primary N) is 1. The number of nitrogens with one attached hydrogen (secondary N) is 1. The van der Waals surface area contributed by atoms with Crippen LogP contribution in [0.1, 0.15) is 34.8 Å². The fraction of sp³-hybridized carbons (Fsp3) is 0.240. The minimum absolute atomic E-state index is 0.00504. The fourth-order valence-corrected chi connectivity index (χ4v) is 4.53. The maximum atomic E-state index is 13.9. The zero-order valence-electron chi connectivity index (χ0n) is 19.9. The number of rotatable bonds is 5. The standard InChI is InChI=1S/C25H22F3N7O3/c26-17-9-19(28)18(27)8-16(17)24(36)30-10-13-3-5-14(6-4-13)21-20-22(29)31-12-32-23(20)35(33-21)15-2-1-7-34(11-15)25(37)38/h3-6,8-9,12,15H,1-2,7,10-11H2,(H,30,36)(H,37,38)(H2,29,31,32)/t15-/m1/s1. The van der Waals surface area contributed by atoms with Gasteiger partial charge in [-0.2, -0.15) is 5.10 Å². The molecule has 2 amide bonds. The third kappa shape index (κ3) is 4.69. The van der Waals surface area contributed by atoms with Crippen molar-refractivity contribution >= 4 is 28.9 Å². The number of carboxylic acid groups (broad SMARTS) is 1. The number of aromatic nitrogens is 4. The summed E-state index contributed by atoms with van der Waals surface area (Å²) in [5, 5.41) is 17.2. The first-order valence-corrected chi connectivity index (χ1v) is 11.7. The van der Waals surface area contributed by atoms with Gasteiger partial charge in [-0.3, -0.25) is 4.79 Å². The summed E-state index contributed by atoms with van der Waals surface area (Å²) in [4.78, 5) is 33.6. The Hall–Kier alpha value is -4.68. The SMILES string of the molecule is Nc1ncnc2c1c(-c1ccc(CNC(=O)c3cc(F)c(F)cc3F)cc1)nn2[C@@H]1CCCN(C(=O)O)C1. The number of fused-ring (bicyclic) bond motifs is 1. The van der Waals surface area contributed by atoms with Gasteiger partial charge < -0.3 is 21.1 Å². The molecule has 10 nitrogen and oxygen atoms in total. The Morgan fingerprint density at radius 3 is 2.55 bits per heavy atom. The van der Waals surface area contributed by atoms with Gasteiger partial charge in [0.05, 0.1) is 17.0 Å². The molecule has 1 aliphatic heterocycles. The summed E-state index contributed by atoms with van der Waals surface area (Å²) in [6, 6.07) is 7.55. The van der Waals surface area contributed by atoms with Gasteiger partial charge in [-0.05, 0) is 24.5 Å². The van der Waals surface area contributed by atoms with Gasteiger partial charge in [0.25, 0.3) is 5.91 Å². The van der Waals surface area contributed by atoms with E-state index in [1.165, 1.54) is 11.2 Å². The molecule has 5 rings (SSSR count). The van der Waals surface area contributed by atoms with Crippen molar-refractivity contribution in [2.45, 2.75) is 25.4 Å². The van der Waals surface area contributed by atoms with Gasteiger partial charge in [0, 0.05) is 31.3 Å². The zero-order valence-corrected chi connectivity index (χ0v) is 19.9. The molecule has 0 aliphatic carbocycles. The fourth-order valence-electron chi connectivity index (χ4n) is 4.53. The molecule has 13 heteroatoms. The van der Waals surface area contributed by atoms with Crippen molar-refractivity contribution in [2.24, 2.45) is 0 Å². The number of hydrogen-bond acceptors (Lipinski definition) is 6. The second-order valence-corrected chi connectivity index (χ2v) is 8.90. The van der Waals surface area contributed by atoms with Crippen LogP contribution >= 0.6 is 0 Å². The molecule has 3 heterocycles. The number of hydrogen-bond donors (Lipinski definition) is 3. The van der Waals surface area contributed by atoms with Crippen molar-refractivity contribution in [2.75, 3.05) is 18.8 Å². The number of halogens is 3. The predicted octanol–water partition coefficient (Wildman–Crippen LogP) is 3.74. The average molecular weight is 525 g/mol. The van der Waals surface area contributed by atoms with E-state index in [0.717, 1.165) is 6.42 Å². The third-order valence-electron chi connectivity index (χ3n) is 6.47. The molecule has 2 aromatic carbocycles. The Morgan fingerprint density at radius 1 is 1.08 bits per heavy atom. The number of piperidine rings is 1. The number of likely N-dealkylation sites (tertiary alicyclic amines) is 1. The molecule has 0 spiro atoms. The molecule has 1 saturated heterocycles. The summed E-state index contributed by atoms with van der Waals surface area (Å²) in [6.07, 6.45) is 1.75. The highest BCUT2D eigenvalue weighted by molar-refractivity contribution is 5.98. The molecule has 0 unspecified atom stereocenters. The second-order valence-electron chi connectivity index (χ2n) is 8.90. The third-order valence-corrected chi connectivity index (χ3v) is 6.47. The lowest BCUT2D eigenvalue weighted by Gasteiger charge is -2.30. The predicted molar refractivity (Wildman–Crippen MR) is 131 cm³/mol. The van der Waals surface area contributed by atoms with Gasteiger partial charge in [-0.15, -0.1) is 0 Å². The number of amides is 2. The number of nitrogen functional groups attached to an aromatic ring is 1. The van der Waals surface area contributed by atoms with Crippen LogP contribution in [0.2, 0.25) is 0 Å². The summed E-state index contributed by atoms with van der Waals surface area (Å²) in [5.41, 5.74) is 7.93. The molecule has 1 aliphatic rings. The molecular formula is C25H22F3N7O3. The van der Waals surface area contributed by atoms with Crippen LogP contribution in [-0.2, 0) is 6.54 Å². The van der Waals surface area contributed by atoms with E-state index in [4.69, 9.17) is 10.8 Å². The van der Waals surface area contributed by atoms with Crippen LogP contribution in [0.15, 0.2) is 42.7 Å². The number of benzene rings is 2. The van der Waals surface area contributed by atoms with E-state index in [1.54, 1.807) is 28.9 Å². The van der Waals surface area contributed by atoms with E-state index in [1.807, 2.05) is 0 Å². The van der Waals surface area contributed by atoms with Crippen LogP contribution in [-0.4, -0.2) is 54.8 Å². The molecule has 4 aromatic rings. The van der Waals surface area contributed by atoms with Gasteiger partial charge in [-0.1, -0.05) is 24.3 Å². The zero-order chi connectivity index (χ0) is 27.0. The summed E-state index contributed by atoms with van der Waals surface area (Å²) in [5.74, 6) is -4.52. The molecule has 0 bridgehead atoms. The van der Waals surface area contributed by atoms with Crippen LogP contribution in [0.4, 0.5) is 23.8 Å². The minimum Gasteiger partial charge on any atom is -0.465 e. The smallest absolute Gasteiger partial charge is 0.407 e. The molecule has 0 radical (unpaired) electrons. The van der Waals surface area contributed by atoms with E-state index >= 15 is 0 Å². The van der Waals surface area contributed by atoms with E-state index in [2.05, 4.69) is 15.3 Å². The number of carbonyl (C=O) groups is 2. The van der Waals surface area contributed by atoms with Crippen molar-refractivity contribution < 1.29 is 27.9 Å². The van der Waals surface area contributed by atoms with Crippen molar-refractivity contribution in [3.63, 3.8) is 0 Å². The summed E-state index contributed by atoms with van der Waals surface area (Å²) >= 11 is 0. The van der Waals surface area contributed by atoms with Gasteiger partial charge in [-0.25, -0.2) is 32.6 Å². The first-order chi connectivity index (χ1) is 18.2. The van der Waals surface area contributed by atoms with Crippen molar-refractivity contribution in [1.29, 1.82) is 0 Å². The topological polar surface area (TPSA) is 139 Å². The van der Waals surface area contributed by atoms with Crippen molar-refractivity contribution in [3.8, 4) is 11.3 Å². The van der Waals surface area contributed by atoms with Crippen LogP contribution in [0.5, 0.6) is 0 Å². The number of anilines is 1. The lowest BCUT2D eigenvalue weighted by atomic mass is 10.1. The molecule has 4 N–H and O–H groups in total. The van der Waals surface area contributed by atoms with E-state index in [0.29, 0.717) is 53.0 Å². The average Bonchev–Trinajstić information content (AvgIpc) is 3.31. The Balaban J connectivity index is 1.38. The first-order valence-electron chi connectivity index (χ1n) is 11.7. The van der Waals surface area contributed by atoms with Crippen LogP contribution in [0.25, 0.3) is 22.3 Å². The molecule has 38 heavy (non-hydrogen) atoms. The van der Waals surface area contributed by atoms with Gasteiger partial charge in [0.15, 0.2) is 17.3 Å². The summed E-state index contributed by atoms with van der Waals surface area (Å²) in [6.45, 7) is 0.730. The van der Waals surface area contributed by atoms with Crippen molar-refractivity contribution in [1.82, 2.24) is 30.0 Å². The number of carbonyl (C=O) groups excluding carboxylic acids is 1. The van der Waals surface area contributed by atoms with Crippen LogP contribution in [0, 0.1) is 17.5 Å². The largest absolute Gasteiger partial charge is 0.465 e. The molecule has 1 fully saturated rings. The molecule has 196 valence electrons. The highest BCUT2D eigenvalue weighted by atomic mass is 19.2. The van der Waals surface area contributed by atoms with Crippen molar-refractivity contribution in [3.05, 3.63) is 71.3 Å².